The smallest absolute Gasteiger partial charge is 0.234 e. The Morgan fingerprint density at radius 1 is 1.15 bits per heavy atom. The van der Waals surface area contributed by atoms with E-state index >= 15 is 0 Å². The van der Waals surface area contributed by atoms with Crippen molar-refractivity contribution < 1.29 is 9.59 Å². The molecule has 0 fully saturated rings. The van der Waals surface area contributed by atoms with Crippen LogP contribution in [0.25, 0.3) is 10.7 Å². The number of hydrogen-bond donors (Lipinski definition) is 2. The quantitative estimate of drug-likeness (QED) is 0.544. The Hall–Kier alpha value is -2.30. The van der Waals surface area contributed by atoms with Crippen LogP contribution in [0.5, 0.6) is 0 Å². The van der Waals surface area contributed by atoms with Gasteiger partial charge in [-0.05, 0) is 23.6 Å². The predicted octanol–water partition coefficient (Wildman–Crippen LogP) is 2.85. The normalized spacial score (nSPS) is 10.7. The lowest BCUT2D eigenvalue weighted by atomic mass is 10.3. The Balaban J connectivity index is 1.60. The molecule has 3 rings (SSSR count). The fourth-order valence-corrected chi connectivity index (χ4v) is 4.42. The van der Waals surface area contributed by atoms with Crippen molar-refractivity contribution in [3.63, 3.8) is 0 Å². The van der Waals surface area contributed by atoms with Crippen molar-refractivity contribution in [2.24, 2.45) is 12.8 Å². The molecule has 0 spiro atoms. The maximum Gasteiger partial charge on any atom is 0.234 e. The number of thiophene rings is 1. The molecule has 1 aromatic carbocycles. The minimum atomic E-state index is -0.402. The van der Waals surface area contributed by atoms with Crippen LogP contribution in [-0.4, -0.2) is 38.1 Å². The predicted molar refractivity (Wildman–Crippen MR) is 110 cm³/mol. The van der Waals surface area contributed by atoms with Crippen molar-refractivity contribution in [1.82, 2.24) is 14.8 Å². The van der Waals surface area contributed by atoms with E-state index in [9.17, 15) is 9.59 Å². The number of hydrogen-bond acceptors (Lipinski definition) is 7. The third-order valence-corrected chi connectivity index (χ3v) is 6.42. The van der Waals surface area contributed by atoms with E-state index in [0.29, 0.717) is 10.8 Å². The highest BCUT2D eigenvalue weighted by molar-refractivity contribution is 8.00. The molecule has 0 atom stereocenters. The summed E-state index contributed by atoms with van der Waals surface area (Å²) in [5, 5.41) is 13.9. The summed E-state index contributed by atoms with van der Waals surface area (Å²) in [6.45, 7) is 0. The molecule has 0 radical (unpaired) electrons. The SMILES string of the molecule is Cn1c(SCC(=O)Nc2ccccc2SCC(N)=O)nnc1-c1cccs1. The van der Waals surface area contributed by atoms with Gasteiger partial charge < -0.3 is 15.6 Å². The van der Waals surface area contributed by atoms with Crippen LogP contribution in [0, 0.1) is 0 Å². The number of carbonyl (C=O) groups is 2. The van der Waals surface area contributed by atoms with E-state index in [1.807, 2.05) is 47.3 Å². The Bertz CT molecular complexity index is 940. The van der Waals surface area contributed by atoms with Gasteiger partial charge in [0, 0.05) is 11.9 Å². The van der Waals surface area contributed by atoms with Gasteiger partial charge in [-0.15, -0.1) is 33.3 Å². The molecule has 10 heteroatoms. The number of rotatable bonds is 8. The maximum atomic E-state index is 12.3. The Kier molecular flexibility index (Phi) is 6.54. The number of para-hydroxylation sites is 1. The zero-order valence-electron chi connectivity index (χ0n) is 14.4. The van der Waals surface area contributed by atoms with E-state index in [1.54, 1.807) is 17.4 Å². The minimum absolute atomic E-state index is 0.159. The summed E-state index contributed by atoms with van der Waals surface area (Å²) in [6.07, 6.45) is 0. The van der Waals surface area contributed by atoms with Gasteiger partial charge in [0.15, 0.2) is 11.0 Å². The number of carbonyl (C=O) groups excluding carboxylic acids is 2. The molecule has 27 heavy (non-hydrogen) atoms. The van der Waals surface area contributed by atoms with Gasteiger partial charge >= 0.3 is 0 Å². The van der Waals surface area contributed by atoms with Crippen LogP contribution in [0.15, 0.2) is 51.8 Å². The van der Waals surface area contributed by atoms with Crippen LogP contribution in [0.2, 0.25) is 0 Å². The van der Waals surface area contributed by atoms with Crippen LogP contribution < -0.4 is 11.1 Å². The first-order chi connectivity index (χ1) is 13.0. The molecule has 0 aliphatic carbocycles. The number of nitrogens with two attached hydrogens (primary N) is 1. The number of benzene rings is 1. The van der Waals surface area contributed by atoms with Crippen LogP contribution in [-0.2, 0) is 16.6 Å². The van der Waals surface area contributed by atoms with Crippen molar-refractivity contribution in [2.75, 3.05) is 16.8 Å². The van der Waals surface area contributed by atoms with E-state index in [0.717, 1.165) is 15.6 Å². The average Bonchev–Trinajstić information content (AvgIpc) is 3.29. The maximum absolute atomic E-state index is 12.3. The first-order valence-corrected chi connectivity index (χ1v) is 10.8. The van der Waals surface area contributed by atoms with E-state index in [-0.39, 0.29) is 17.4 Å². The summed E-state index contributed by atoms with van der Waals surface area (Å²) >= 11 is 4.20. The highest BCUT2D eigenvalue weighted by Crippen LogP contribution is 2.28. The first kappa shape index (κ1) is 19.5. The molecule has 140 valence electrons. The molecule has 0 aliphatic heterocycles. The average molecular weight is 420 g/mol. The monoisotopic (exact) mass is 419 g/mol. The van der Waals surface area contributed by atoms with Crippen molar-refractivity contribution in [3.8, 4) is 10.7 Å². The minimum Gasteiger partial charge on any atom is -0.369 e. The van der Waals surface area contributed by atoms with E-state index < -0.39 is 5.91 Å². The number of nitrogens with one attached hydrogen (secondary N) is 1. The van der Waals surface area contributed by atoms with E-state index in [2.05, 4.69) is 15.5 Å². The van der Waals surface area contributed by atoms with Gasteiger partial charge in [-0.3, -0.25) is 9.59 Å². The molecule has 0 unspecified atom stereocenters. The van der Waals surface area contributed by atoms with Crippen molar-refractivity contribution >= 4 is 52.4 Å². The molecule has 2 amide bonds. The largest absolute Gasteiger partial charge is 0.369 e. The van der Waals surface area contributed by atoms with Crippen LogP contribution in [0.1, 0.15) is 0 Å². The summed E-state index contributed by atoms with van der Waals surface area (Å²) < 4.78 is 1.88. The van der Waals surface area contributed by atoms with Crippen molar-refractivity contribution in [1.29, 1.82) is 0 Å². The standard InChI is InChI=1S/C17H17N5O2S3/c1-22-16(13-7-4-8-25-13)20-21-17(22)27-10-15(24)19-11-5-2-3-6-12(11)26-9-14(18)23/h2-8H,9-10H2,1H3,(H2,18,23)(H,19,24). The van der Waals surface area contributed by atoms with Gasteiger partial charge in [-0.2, -0.15) is 0 Å². The van der Waals surface area contributed by atoms with Gasteiger partial charge in [-0.1, -0.05) is 30.0 Å². The summed E-state index contributed by atoms with van der Waals surface area (Å²) in [5.74, 6) is 0.575. The molecular weight excluding hydrogens is 402 g/mol. The number of nitrogens with zero attached hydrogens (tertiary/aromatic N) is 3. The zero-order chi connectivity index (χ0) is 19.2. The number of amides is 2. The fourth-order valence-electron chi connectivity index (χ4n) is 2.22. The molecule has 3 N–H and O–H groups in total. The molecule has 0 bridgehead atoms. The van der Waals surface area contributed by atoms with Crippen molar-refractivity contribution in [2.45, 2.75) is 10.1 Å². The third-order valence-electron chi connectivity index (χ3n) is 3.44. The topological polar surface area (TPSA) is 103 Å². The summed E-state index contributed by atoms with van der Waals surface area (Å²) in [7, 11) is 1.88. The summed E-state index contributed by atoms with van der Waals surface area (Å²) in [4.78, 5) is 25.1. The zero-order valence-corrected chi connectivity index (χ0v) is 16.9. The molecule has 2 aromatic heterocycles. The second-order valence-corrected chi connectivity index (χ2v) is 8.34. The van der Waals surface area contributed by atoms with Gasteiger partial charge in [0.25, 0.3) is 0 Å². The molecule has 2 heterocycles. The van der Waals surface area contributed by atoms with Gasteiger partial charge in [0.05, 0.1) is 22.1 Å². The highest BCUT2D eigenvalue weighted by atomic mass is 32.2. The number of anilines is 1. The second kappa shape index (κ2) is 9.07. The second-order valence-electron chi connectivity index (χ2n) is 5.43. The van der Waals surface area contributed by atoms with E-state index in [4.69, 9.17) is 5.73 Å². The molecule has 3 aromatic rings. The van der Waals surface area contributed by atoms with Crippen LogP contribution >= 0.6 is 34.9 Å². The highest BCUT2D eigenvalue weighted by Gasteiger charge is 2.14. The summed E-state index contributed by atoms with van der Waals surface area (Å²) in [5.41, 5.74) is 5.85. The lowest BCUT2D eigenvalue weighted by molar-refractivity contribution is -0.115. The molecular formula is C17H17N5O2S3. The van der Waals surface area contributed by atoms with Crippen LogP contribution in [0.4, 0.5) is 5.69 Å². The van der Waals surface area contributed by atoms with Crippen LogP contribution in [0.3, 0.4) is 0 Å². The lowest BCUT2D eigenvalue weighted by Gasteiger charge is -2.10. The fraction of sp³-hybridized carbons (Fsp3) is 0.176. The van der Waals surface area contributed by atoms with Gasteiger partial charge in [-0.25, -0.2) is 0 Å². The number of primary amides is 1. The Morgan fingerprint density at radius 3 is 2.70 bits per heavy atom. The third kappa shape index (κ3) is 5.12. The Labute approximate surface area is 168 Å². The first-order valence-electron chi connectivity index (χ1n) is 7.90. The molecule has 0 saturated carbocycles. The molecule has 0 aliphatic rings. The van der Waals surface area contributed by atoms with E-state index in [1.165, 1.54) is 23.5 Å². The number of aromatic nitrogens is 3. The number of thioether (sulfide) groups is 2. The summed E-state index contributed by atoms with van der Waals surface area (Å²) in [6, 6.07) is 11.3. The Morgan fingerprint density at radius 2 is 1.96 bits per heavy atom. The van der Waals surface area contributed by atoms with Gasteiger partial charge in [0.1, 0.15) is 0 Å². The molecule has 0 saturated heterocycles. The molecule has 7 nitrogen and oxygen atoms in total. The van der Waals surface area contributed by atoms with Gasteiger partial charge in [0.2, 0.25) is 11.8 Å². The van der Waals surface area contributed by atoms with Crippen molar-refractivity contribution in [3.05, 3.63) is 41.8 Å². The lowest BCUT2D eigenvalue weighted by Crippen LogP contribution is -2.16.